The molecule has 3 heteroatoms. The lowest BCUT2D eigenvalue weighted by molar-refractivity contribution is 0.0958. The van der Waals surface area contributed by atoms with Gasteiger partial charge in [0.15, 0.2) is 0 Å². The van der Waals surface area contributed by atoms with Crippen molar-refractivity contribution in [3.8, 4) is 6.07 Å². The second-order valence-electron chi connectivity index (χ2n) is 4.07. The Morgan fingerprint density at radius 3 is 2.69 bits per heavy atom. The summed E-state index contributed by atoms with van der Waals surface area (Å²) in [5, 5.41) is 10.9. The predicted octanol–water partition coefficient (Wildman–Crippen LogP) is 2.37. The van der Waals surface area contributed by atoms with Gasteiger partial charge in [0.1, 0.15) is 6.54 Å². The summed E-state index contributed by atoms with van der Waals surface area (Å²) in [5.41, 5.74) is 2.97. The molecule has 0 saturated carbocycles. The Balaban J connectivity index is 2.89. The molecule has 0 aliphatic heterocycles. The molecule has 1 N–H and O–H groups in total. The van der Waals surface area contributed by atoms with E-state index in [-0.39, 0.29) is 12.5 Å². The summed E-state index contributed by atoms with van der Waals surface area (Å²) in [5.74, 6) is 0.260. The van der Waals surface area contributed by atoms with Gasteiger partial charge in [0.25, 0.3) is 5.91 Å². The van der Waals surface area contributed by atoms with Crippen molar-refractivity contribution in [1.29, 1.82) is 5.26 Å². The van der Waals surface area contributed by atoms with Gasteiger partial charge in [-0.2, -0.15) is 5.26 Å². The smallest absolute Gasteiger partial charge is 0.252 e. The number of benzene rings is 1. The molecule has 0 atom stereocenters. The number of amides is 1. The van der Waals surface area contributed by atoms with Crippen LogP contribution in [0.5, 0.6) is 0 Å². The van der Waals surface area contributed by atoms with Gasteiger partial charge in [0.05, 0.1) is 6.07 Å². The van der Waals surface area contributed by atoms with Crippen molar-refractivity contribution in [2.45, 2.75) is 26.7 Å². The van der Waals surface area contributed by atoms with Gasteiger partial charge >= 0.3 is 0 Å². The maximum atomic E-state index is 11.6. The van der Waals surface area contributed by atoms with Crippen LogP contribution in [0, 0.1) is 18.3 Å². The van der Waals surface area contributed by atoms with Gasteiger partial charge in [-0.3, -0.25) is 4.79 Å². The van der Waals surface area contributed by atoms with Crippen molar-refractivity contribution in [3.63, 3.8) is 0 Å². The van der Waals surface area contributed by atoms with Crippen molar-refractivity contribution in [2.24, 2.45) is 0 Å². The van der Waals surface area contributed by atoms with E-state index in [1.165, 1.54) is 5.56 Å². The largest absolute Gasteiger partial charge is 0.339 e. The first kappa shape index (κ1) is 12.3. The Bertz CT molecular complexity index is 430. The van der Waals surface area contributed by atoms with Crippen LogP contribution in [0.25, 0.3) is 0 Å². The monoisotopic (exact) mass is 216 g/mol. The quantitative estimate of drug-likeness (QED) is 0.788. The van der Waals surface area contributed by atoms with Gasteiger partial charge in [0, 0.05) is 5.56 Å². The van der Waals surface area contributed by atoms with E-state index in [2.05, 4.69) is 19.2 Å². The third-order valence-corrected chi connectivity index (χ3v) is 2.48. The Morgan fingerprint density at radius 2 is 2.19 bits per heavy atom. The number of nitrogens with one attached hydrogen (secondary N) is 1. The summed E-state index contributed by atoms with van der Waals surface area (Å²) < 4.78 is 0. The molecule has 0 radical (unpaired) electrons. The summed E-state index contributed by atoms with van der Waals surface area (Å²) >= 11 is 0. The maximum absolute atomic E-state index is 11.6. The molecule has 1 aromatic carbocycles. The zero-order valence-corrected chi connectivity index (χ0v) is 9.87. The Labute approximate surface area is 96.1 Å². The minimum absolute atomic E-state index is 0.0454. The highest BCUT2D eigenvalue weighted by Gasteiger charge is 2.08. The highest BCUT2D eigenvalue weighted by molar-refractivity contribution is 5.94. The normalized spacial score (nSPS) is 9.94. The number of nitriles is 1. The van der Waals surface area contributed by atoms with Crippen LogP contribution in [0.15, 0.2) is 18.2 Å². The van der Waals surface area contributed by atoms with E-state index in [9.17, 15) is 4.79 Å². The highest BCUT2D eigenvalue weighted by atomic mass is 16.1. The molecule has 0 aliphatic rings. The lowest BCUT2D eigenvalue weighted by Gasteiger charge is -2.10. The Kier molecular flexibility index (Phi) is 4.07. The molecular weight excluding hydrogens is 200 g/mol. The Morgan fingerprint density at radius 1 is 1.50 bits per heavy atom. The second-order valence-corrected chi connectivity index (χ2v) is 4.07. The van der Waals surface area contributed by atoms with Gasteiger partial charge in [-0.15, -0.1) is 0 Å². The van der Waals surface area contributed by atoms with Gasteiger partial charge in [0.2, 0.25) is 0 Å². The molecule has 0 unspecified atom stereocenters. The van der Waals surface area contributed by atoms with Gasteiger partial charge in [-0.05, 0) is 36.1 Å². The number of nitrogens with zero attached hydrogens (tertiary/aromatic N) is 1. The minimum Gasteiger partial charge on any atom is -0.339 e. The summed E-state index contributed by atoms with van der Waals surface area (Å²) in [6, 6.07) is 7.52. The fourth-order valence-corrected chi connectivity index (χ4v) is 1.69. The number of rotatable bonds is 3. The number of carbonyl (C=O) groups is 1. The van der Waals surface area contributed by atoms with Crippen LogP contribution in [-0.4, -0.2) is 12.5 Å². The van der Waals surface area contributed by atoms with Gasteiger partial charge in [-0.25, -0.2) is 0 Å². The standard InChI is InChI=1S/C13H16N2O/c1-9(2)12-5-4-11(8-10(12)3)13(16)15-7-6-14/h4-5,8-9H,7H2,1-3H3,(H,15,16). The molecular formula is C13H16N2O. The molecule has 3 nitrogen and oxygen atoms in total. The van der Waals surface area contributed by atoms with Crippen LogP contribution in [-0.2, 0) is 0 Å². The first-order valence-corrected chi connectivity index (χ1v) is 5.32. The topological polar surface area (TPSA) is 52.9 Å². The van der Waals surface area contributed by atoms with Crippen LogP contribution < -0.4 is 5.32 Å². The number of carbonyl (C=O) groups excluding carboxylic acids is 1. The fraction of sp³-hybridized carbons (Fsp3) is 0.385. The van der Waals surface area contributed by atoms with Crippen LogP contribution in [0.1, 0.15) is 41.3 Å². The molecule has 0 saturated heterocycles. The van der Waals surface area contributed by atoms with E-state index in [4.69, 9.17) is 5.26 Å². The molecule has 84 valence electrons. The predicted molar refractivity (Wildman–Crippen MR) is 63.2 cm³/mol. The van der Waals surface area contributed by atoms with Crippen molar-refractivity contribution in [3.05, 3.63) is 34.9 Å². The van der Waals surface area contributed by atoms with Crippen LogP contribution in [0.2, 0.25) is 0 Å². The number of aryl methyl sites for hydroxylation is 1. The van der Waals surface area contributed by atoms with Crippen LogP contribution in [0.4, 0.5) is 0 Å². The minimum atomic E-state index is -0.194. The van der Waals surface area contributed by atoms with Crippen molar-refractivity contribution >= 4 is 5.91 Å². The lowest BCUT2D eigenvalue weighted by Crippen LogP contribution is -2.23. The number of hydrogen-bond acceptors (Lipinski definition) is 2. The summed E-state index contributed by atoms with van der Waals surface area (Å²) in [4.78, 5) is 11.6. The first-order chi connectivity index (χ1) is 7.56. The molecule has 1 rings (SSSR count). The third-order valence-electron chi connectivity index (χ3n) is 2.48. The van der Waals surface area contributed by atoms with E-state index in [1.54, 1.807) is 6.07 Å². The lowest BCUT2D eigenvalue weighted by atomic mass is 9.96. The van der Waals surface area contributed by atoms with Crippen LogP contribution >= 0.6 is 0 Å². The van der Waals surface area contributed by atoms with E-state index in [0.717, 1.165) is 5.56 Å². The summed E-state index contributed by atoms with van der Waals surface area (Å²) in [7, 11) is 0. The zero-order valence-electron chi connectivity index (χ0n) is 9.87. The van der Waals surface area contributed by atoms with Gasteiger partial charge < -0.3 is 5.32 Å². The summed E-state index contributed by atoms with van der Waals surface area (Å²) in [6.45, 7) is 6.29. The third kappa shape index (κ3) is 2.83. The first-order valence-electron chi connectivity index (χ1n) is 5.32. The zero-order chi connectivity index (χ0) is 12.1. The van der Waals surface area contributed by atoms with Crippen molar-refractivity contribution in [2.75, 3.05) is 6.54 Å². The molecule has 1 aromatic rings. The Hall–Kier alpha value is -1.82. The second kappa shape index (κ2) is 5.32. The molecule has 0 bridgehead atoms. The van der Waals surface area contributed by atoms with E-state index < -0.39 is 0 Å². The SMILES string of the molecule is Cc1cc(C(=O)NCC#N)ccc1C(C)C. The van der Waals surface area contributed by atoms with Crippen LogP contribution in [0.3, 0.4) is 0 Å². The van der Waals surface area contributed by atoms with E-state index in [1.807, 2.05) is 25.1 Å². The van der Waals surface area contributed by atoms with Crippen molar-refractivity contribution in [1.82, 2.24) is 5.32 Å². The molecule has 0 aliphatic carbocycles. The maximum Gasteiger partial charge on any atom is 0.252 e. The molecule has 0 aromatic heterocycles. The number of hydrogen-bond donors (Lipinski definition) is 1. The molecule has 0 spiro atoms. The molecule has 0 heterocycles. The molecule has 1 amide bonds. The van der Waals surface area contributed by atoms with Crippen molar-refractivity contribution < 1.29 is 4.79 Å². The molecule has 16 heavy (non-hydrogen) atoms. The average molecular weight is 216 g/mol. The van der Waals surface area contributed by atoms with Gasteiger partial charge in [-0.1, -0.05) is 19.9 Å². The highest BCUT2D eigenvalue weighted by Crippen LogP contribution is 2.19. The summed E-state index contributed by atoms with van der Waals surface area (Å²) in [6.07, 6.45) is 0. The van der Waals surface area contributed by atoms with E-state index in [0.29, 0.717) is 11.5 Å². The average Bonchev–Trinajstić information content (AvgIpc) is 2.25. The van der Waals surface area contributed by atoms with E-state index >= 15 is 0 Å². The molecule has 0 fully saturated rings. The fourth-order valence-electron chi connectivity index (χ4n) is 1.69.